The summed E-state index contributed by atoms with van der Waals surface area (Å²) < 4.78 is 5.41. The molecule has 0 aromatic rings. The fourth-order valence-electron chi connectivity index (χ4n) is 3.98. The van der Waals surface area contributed by atoms with E-state index in [-0.39, 0.29) is 18.7 Å². The normalized spacial score (nSPS) is 27.1. The van der Waals surface area contributed by atoms with Gasteiger partial charge in [0.05, 0.1) is 0 Å². The van der Waals surface area contributed by atoms with E-state index < -0.39 is 5.60 Å². The summed E-state index contributed by atoms with van der Waals surface area (Å²) in [5.74, 6) is 0.552. The first kappa shape index (κ1) is 18.5. The van der Waals surface area contributed by atoms with E-state index in [1.165, 1.54) is 25.7 Å². The molecule has 134 valence electrons. The maximum atomic E-state index is 12.1. The highest BCUT2D eigenvalue weighted by atomic mass is 16.6. The molecule has 1 saturated carbocycles. The Morgan fingerprint density at radius 2 is 1.96 bits per heavy atom. The van der Waals surface area contributed by atoms with Crippen molar-refractivity contribution in [3.63, 3.8) is 0 Å². The number of alkyl carbamates (subject to hydrolysis) is 1. The summed E-state index contributed by atoms with van der Waals surface area (Å²) in [6.45, 7) is 7.97. The smallest absolute Gasteiger partial charge is 0.407 e. The Morgan fingerprint density at radius 1 is 1.26 bits per heavy atom. The second kappa shape index (κ2) is 8.34. The van der Waals surface area contributed by atoms with Crippen molar-refractivity contribution in [3.05, 3.63) is 0 Å². The number of carbonyl (C=O) groups excluding carboxylic acids is 1. The zero-order valence-corrected chi connectivity index (χ0v) is 15.0. The second-order valence-electron chi connectivity index (χ2n) is 8.20. The SMILES string of the molecule is CC(C)(C)OC(=O)NC1CC(CCCO)CN(C2CCCC2)C1. The van der Waals surface area contributed by atoms with Crippen molar-refractivity contribution in [2.24, 2.45) is 5.92 Å². The zero-order chi connectivity index (χ0) is 16.9. The number of aliphatic hydroxyl groups is 1. The van der Waals surface area contributed by atoms with Crippen molar-refractivity contribution in [2.75, 3.05) is 19.7 Å². The minimum absolute atomic E-state index is 0.155. The minimum Gasteiger partial charge on any atom is -0.444 e. The third kappa shape index (κ3) is 6.30. The first-order chi connectivity index (χ1) is 10.9. The van der Waals surface area contributed by atoms with Gasteiger partial charge >= 0.3 is 6.09 Å². The van der Waals surface area contributed by atoms with E-state index in [1.807, 2.05) is 20.8 Å². The Morgan fingerprint density at radius 3 is 2.57 bits per heavy atom. The predicted octanol–water partition coefficient (Wildman–Crippen LogP) is 2.92. The maximum Gasteiger partial charge on any atom is 0.407 e. The molecule has 1 aliphatic heterocycles. The van der Waals surface area contributed by atoms with E-state index in [4.69, 9.17) is 9.84 Å². The number of piperidine rings is 1. The minimum atomic E-state index is -0.458. The number of carbonyl (C=O) groups is 1. The van der Waals surface area contributed by atoms with Crippen molar-refractivity contribution < 1.29 is 14.6 Å². The first-order valence-electron chi connectivity index (χ1n) is 9.22. The summed E-state index contributed by atoms with van der Waals surface area (Å²) in [4.78, 5) is 14.7. The number of nitrogens with one attached hydrogen (secondary N) is 1. The summed E-state index contributed by atoms with van der Waals surface area (Å²) in [6.07, 6.45) is 7.78. The molecule has 0 bridgehead atoms. The lowest BCUT2D eigenvalue weighted by atomic mass is 9.89. The number of rotatable bonds is 5. The van der Waals surface area contributed by atoms with Crippen LogP contribution in [-0.2, 0) is 4.74 Å². The molecule has 5 heteroatoms. The number of hydrogen-bond donors (Lipinski definition) is 2. The average molecular weight is 326 g/mol. The lowest BCUT2D eigenvalue weighted by molar-refractivity contribution is 0.0406. The molecule has 2 aliphatic rings. The number of amides is 1. The highest BCUT2D eigenvalue weighted by Gasteiger charge is 2.33. The molecule has 0 aromatic carbocycles. The van der Waals surface area contributed by atoms with Crippen LogP contribution in [-0.4, -0.2) is 53.5 Å². The van der Waals surface area contributed by atoms with Crippen LogP contribution in [0, 0.1) is 5.92 Å². The zero-order valence-electron chi connectivity index (χ0n) is 15.0. The van der Waals surface area contributed by atoms with Crippen LogP contribution in [0.1, 0.15) is 65.7 Å². The number of likely N-dealkylation sites (tertiary alicyclic amines) is 1. The third-order valence-electron chi connectivity index (χ3n) is 4.90. The molecule has 1 saturated heterocycles. The molecule has 0 radical (unpaired) electrons. The van der Waals surface area contributed by atoms with Crippen molar-refractivity contribution in [2.45, 2.75) is 83.4 Å². The highest BCUT2D eigenvalue weighted by molar-refractivity contribution is 5.68. The van der Waals surface area contributed by atoms with Gasteiger partial charge in [0.2, 0.25) is 0 Å². The second-order valence-corrected chi connectivity index (χ2v) is 8.20. The van der Waals surface area contributed by atoms with Gasteiger partial charge in [-0.05, 0) is 58.8 Å². The average Bonchev–Trinajstić information content (AvgIpc) is 2.96. The first-order valence-corrected chi connectivity index (χ1v) is 9.22. The summed E-state index contributed by atoms with van der Waals surface area (Å²) in [5.41, 5.74) is -0.458. The largest absolute Gasteiger partial charge is 0.444 e. The van der Waals surface area contributed by atoms with Crippen molar-refractivity contribution in [1.82, 2.24) is 10.2 Å². The molecule has 1 amide bonds. The molecule has 1 aliphatic carbocycles. The van der Waals surface area contributed by atoms with E-state index in [0.29, 0.717) is 12.0 Å². The molecular weight excluding hydrogens is 292 g/mol. The van der Waals surface area contributed by atoms with Gasteiger partial charge in [-0.3, -0.25) is 4.90 Å². The van der Waals surface area contributed by atoms with E-state index in [0.717, 1.165) is 32.4 Å². The maximum absolute atomic E-state index is 12.1. The molecule has 23 heavy (non-hydrogen) atoms. The predicted molar refractivity (Wildman–Crippen MR) is 91.4 cm³/mol. The lowest BCUT2D eigenvalue weighted by Gasteiger charge is -2.41. The Labute approximate surface area is 140 Å². The van der Waals surface area contributed by atoms with Crippen LogP contribution >= 0.6 is 0 Å². The van der Waals surface area contributed by atoms with Gasteiger partial charge < -0.3 is 15.2 Å². The van der Waals surface area contributed by atoms with E-state index in [9.17, 15) is 4.79 Å². The molecule has 0 spiro atoms. The summed E-state index contributed by atoms with van der Waals surface area (Å²) in [6, 6.07) is 0.831. The molecule has 5 nitrogen and oxygen atoms in total. The van der Waals surface area contributed by atoms with Gasteiger partial charge in [-0.15, -0.1) is 0 Å². The van der Waals surface area contributed by atoms with Gasteiger partial charge in [0.15, 0.2) is 0 Å². The Balaban J connectivity index is 1.92. The van der Waals surface area contributed by atoms with Gasteiger partial charge in [0, 0.05) is 31.8 Å². The Kier molecular flexibility index (Phi) is 6.72. The van der Waals surface area contributed by atoms with Crippen LogP contribution in [0.4, 0.5) is 4.79 Å². The van der Waals surface area contributed by atoms with Gasteiger partial charge in [-0.25, -0.2) is 4.79 Å². The van der Waals surface area contributed by atoms with Crippen LogP contribution in [0.5, 0.6) is 0 Å². The monoisotopic (exact) mass is 326 g/mol. The van der Waals surface area contributed by atoms with Crippen LogP contribution in [0.3, 0.4) is 0 Å². The molecule has 2 fully saturated rings. The molecule has 1 heterocycles. The molecule has 0 aromatic heterocycles. The number of aliphatic hydroxyl groups excluding tert-OH is 1. The number of ether oxygens (including phenoxy) is 1. The molecule has 2 atom stereocenters. The molecule has 2 N–H and O–H groups in total. The lowest BCUT2D eigenvalue weighted by Crippen LogP contribution is -2.54. The van der Waals surface area contributed by atoms with Crippen LogP contribution in [0.25, 0.3) is 0 Å². The fraction of sp³-hybridized carbons (Fsp3) is 0.944. The van der Waals surface area contributed by atoms with E-state index in [2.05, 4.69) is 10.2 Å². The standard InChI is InChI=1S/C18H34N2O3/c1-18(2,3)23-17(22)19-15-11-14(7-6-10-21)12-20(13-15)16-8-4-5-9-16/h14-16,21H,4-13H2,1-3H3,(H,19,22). The third-order valence-corrected chi connectivity index (χ3v) is 4.90. The van der Waals surface area contributed by atoms with Crippen LogP contribution in [0.2, 0.25) is 0 Å². The van der Waals surface area contributed by atoms with Crippen molar-refractivity contribution in [3.8, 4) is 0 Å². The van der Waals surface area contributed by atoms with Crippen molar-refractivity contribution in [1.29, 1.82) is 0 Å². The Hall–Kier alpha value is -0.810. The summed E-state index contributed by atoms with van der Waals surface area (Å²) in [5, 5.41) is 12.2. The highest BCUT2D eigenvalue weighted by Crippen LogP contribution is 2.29. The summed E-state index contributed by atoms with van der Waals surface area (Å²) in [7, 11) is 0. The molecular formula is C18H34N2O3. The van der Waals surface area contributed by atoms with Crippen LogP contribution < -0.4 is 5.32 Å². The fourth-order valence-corrected chi connectivity index (χ4v) is 3.98. The topological polar surface area (TPSA) is 61.8 Å². The van der Waals surface area contributed by atoms with Gasteiger partial charge in [0.25, 0.3) is 0 Å². The number of hydrogen-bond acceptors (Lipinski definition) is 4. The van der Waals surface area contributed by atoms with Crippen molar-refractivity contribution >= 4 is 6.09 Å². The van der Waals surface area contributed by atoms with Gasteiger partial charge in [0.1, 0.15) is 5.60 Å². The molecule has 2 unspecified atom stereocenters. The summed E-state index contributed by atoms with van der Waals surface area (Å²) >= 11 is 0. The molecule has 2 rings (SSSR count). The van der Waals surface area contributed by atoms with Gasteiger partial charge in [-0.1, -0.05) is 12.8 Å². The van der Waals surface area contributed by atoms with Gasteiger partial charge in [-0.2, -0.15) is 0 Å². The number of nitrogens with zero attached hydrogens (tertiary/aromatic N) is 1. The quantitative estimate of drug-likeness (QED) is 0.815. The van der Waals surface area contributed by atoms with Crippen LogP contribution in [0.15, 0.2) is 0 Å². The van der Waals surface area contributed by atoms with E-state index in [1.54, 1.807) is 0 Å². The van der Waals surface area contributed by atoms with E-state index >= 15 is 0 Å². The Bertz CT molecular complexity index is 375.